The van der Waals surface area contributed by atoms with Crippen molar-refractivity contribution in [2.45, 2.75) is 12.8 Å². The van der Waals surface area contributed by atoms with Crippen LogP contribution in [0.3, 0.4) is 0 Å². The van der Waals surface area contributed by atoms with Crippen LogP contribution in [0.25, 0.3) is 83.2 Å². The maximum atomic E-state index is 10.5. The largest absolute Gasteiger partial charge is 0.454 e. The van der Waals surface area contributed by atoms with Gasteiger partial charge in [-0.3, -0.25) is 0 Å². The number of nitrogens with zero attached hydrogens (tertiary/aromatic N) is 3. The molecule has 0 atom stereocenters. The Labute approximate surface area is 270 Å². The van der Waals surface area contributed by atoms with Crippen LogP contribution >= 0.6 is 0 Å². The third kappa shape index (κ3) is 3.63. The van der Waals surface area contributed by atoms with Crippen LogP contribution < -0.4 is 0 Å². The van der Waals surface area contributed by atoms with Crippen molar-refractivity contribution in [3.63, 3.8) is 0 Å². The highest BCUT2D eigenvalue weighted by Crippen LogP contribution is 2.43. The van der Waals surface area contributed by atoms with Gasteiger partial charge in [0.15, 0.2) is 5.58 Å². The third-order valence-electron chi connectivity index (χ3n) is 9.83. The summed E-state index contributed by atoms with van der Waals surface area (Å²) in [5.41, 5.74) is 12.3. The second kappa shape index (κ2) is 9.84. The first-order valence-electron chi connectivity index (χ1n) is 16.1. The Morgan fingerprint density at radius 1 is 0.638 bits per heavy atom. The standard InChI is InChI=1S/C43H27N3O/c44-26-28-11-10-19-39(46-36-17-7-4-14-30(36)31-15-5-8-18-37(31)46)41(28)27-21-24-38-35(25-27)33-22-23-34-32-16-6-9-20-40(32)47-43(34)42(33)45(38)29-12-2-1-3-13-29/h1-7,9-17,19-25H,8,18H2. The number of furan rings is 1. The van der Waals surface area contributed by atoms with Gasteiger partial charge in [0, 0.05) is 49.4 Å². The average Bonchev–Trinajstić information content (AvgIpc) is 3.79. The van der Waals surface area contributed by atoms with Gasteiger partial charge in [-0.1, -0.05) is 84.9 Å². The minimum absolute atomic E-state index is 0.659. The molecule has 220 valence electrons. The highest BCUT2D eigenvalue weighted by molar-refractivity contribution is 6.22. The predicted octanol–water partition coefficient (Wildman–Crippen LogP) is 11.1. The van der Waals surface area contributed by atoms with Crippen molar-refractivity contribution in [1.29, 1.82) is 5.26 Å². The van der Waals surface area contributed by atoms with Gasteiger partial charge in [-0.15, -0.1) is 0 Å². The fraction of sp³-hybridized carbons (Fsp3) is 0.0465. The lowest BCUT2D eigenvalue weighted by molar-refractivity contribution is 0.671. The Kier molecular flexibility index (Phi) is 5.44. The molecule has 0 unspecified atom stereocenters. The number of nitriles is 1. The number of para-hydroxylation sites is 3. The number of rotatable bonds is 3. The molecular formula is C43H27N3O. The summed E-state index contributed by atoms with van der Waals surface area (Å²) in [6.45, 7) is 0. The van der Waals surface area contributed by atoms with E-state index in [1.54, 1.807) is 0 Å². The smallest absolute Gasteiger partial charge is 0.160 e. The normalized spacial score (nSPS) is 12.8. The summed E-state index contributed by atoms with van der Waals surface area (Å²) in [5.74, 6) is 0. The maximum absolute atomic E-state index is 10.5. The molecule has 10 rings (SSSR count). The number of allylic oxidation sites excluding steroid dienone is 1. The van der Waals surface area contributed by atoms with E-state index in [1.165, 1.54) is 16.6 Å². The Bertz CT molecular complexity index is 2800. The predicted molar refractivity (Wildman–Crippen MR) is 192 cm³/mol. The Hall–Kier alpha value is -6.31. The topological polar surface area (TPSA) is 46.8 Å². The molecule has 0 fully saturated rings. The van der Waals surface area contributed by atoms with E-state index in [0.717, 1.165) is 84.6 Å². The second-order valence-corrected chi connectivity index (χ2v) is 12.3. The second-order valence-electron chi connectivity index (χ2n) is 12.3. The summed E-state index contributed by atoms with van der Waals surface area (Å²) in [6.07, 6.45) is 6.47. The fourth-order valence-electron chi connectivity index (χ4n) is 7.85. The van der Waals surface area contributed by atoms with Crippen LogP contribution in [0.1, 0.15) is 23.2 Å². The molecule has 0 spiro atoms. The van der Waals surface area contributed by atoms with Crippen LogP contribution in [-0.4, -0.2) is 9.13 Å². The number of hydrogen-bond donors (Lipinski definition) is 0. The number of hydrogen-bond acceptors (Lipinski definition) is 2. The van der Waals surface area contributed by atoms with Crippen LogP contribution in [0.5, 0.6) is 0 Å². The molecule has 0 bridgehead atoms. The molecule has 3 aromatic heterocycles. The molecule has 0 radical (unpaired) electrons. The molecule has 0 saturated carbocycles. The highest BCUT2D eigenvalue weighted by atomic mass is 16.3. The summed E-state index contributed by atoms with van der Waals surface area (Å²) >= 11 is 0. The van der Waals surface area contributed by atoms with Crippen molar-refractivity contribution < 1.29 is 4.42 Å². The van der Waals surface area contributed by atoms with Crippen molar-refractivity contribution in [1.82, 2.24) is 9.13 Å². The van der Waals surface area contributed by atoms with Crippen molar-refractivity contribution in [3.05, 3.63) is 150 Å². The first-order chi connectivity index (χ1) is 23.3. The summed E-state index contributed by atoms with van der Waals surface area (Å²) < 4.78 is 11.3. The van der Waals surface area contributed by atoms with Crippen LogP contribution in [-0.2, 0) is 6.42 Å². The molecule has 3 heterocycles. The van der Waals surface area contributed by atoms with E-state index in [9.17, 15) is 5.26 Å². The van der Waals surface area contributed by atoms with Crippen LogP contribution in [0.15, 0.2) is 138 Å². The first kappa shape index (κ1) is 26.0. The quantitative estimate of drug-likeness (QED) is 0.202. The monoisotopic (exact) mass is 601 g/mol. The van der Waals surface area contributed by atoms with Crippen molar-refractivity contribution in [3.8, 4) is 28.6 Å². The summed E-state index contributed by atoms with van der Waals surface area (Å²) in [5, 5.41) is 16.2. The van der Waals surface area contributed by atoms with Gasteiger partial charge in [0.05, 0.1) is 33.9 Å². The van der Waals surface area contributed by atoms with Crippen LogP contribution in [0.2, 0.25) is 0 Å². The minimum Gasteiger partial charge on any atom is -0.454 e. The molecule has 0 amide bonds. The van der Waals surface area contributed by atoms with E-state index in [0.29, 0.717) is 5.56 Å². The van der Waals surface area contributed by atoms with Gasteiger partial charge >= 0.3 is 0 Å². The molecular weight excluding hydrogens is 574 g/mol. The number of benzene rings is 6. The maximum Gasteiger partial charge on any atom is 0.160 e. The Morgan fingerprint density at radius 3 is 2.32 bits per heavy atom. The molecule has 0 aliphatic heterocycles. The molecule has 4 heteroatoms. The highest BCUT2D eigenvalue weighted by Gasteiger charge is 2.24. The lowest BCUT2D eigenvalue weighted by atomic mass is 9.96. The molecule has 4 nitrogen and oxygen atoms in total. The molecule has 1 aliphatic rings. The third-order valence-corrected chi connectivity index (χ3v) is 9.83. The lowest BCUT2D eigenvalue weighted by Crippen LogP contribution is -2.05. The van der Waals surface area contributed by atoms with E-state index in [-0.39, 0.29) is 0 Å². The minimum atomic E-state index is 0.659. The molecule has 6 aromatic carbocycles. The van der Waals surface area contributed by atoms with Crippen LogP contribution in [0, 0.1) is 11.3 Å². The summed E-state index contributed by atoms with van der Waals surface area (Å²) in [4.78, 5) is 0. The molecule has 0 saturated heterocycles. The first-order valence-corrected chi connectivity index (χ1v) is 16.1. The van der Waals surface area contributed by atoms with Crippen LogP contribution in [0.4, 0.5) is 0 Å². The van der Waals surface area contributed by atoms with E-state index in [4.69, 9.17) is 4.42 Å². The van der Waals surface area contributed by atoms with Gasteiger partial charge in [0.25, 0.3) is 0 Å². The molecule has 47 heavy (non-hydrogen) atoms. The van der Waals surface area contributed by atoms with Gasteiger partial charge in [-0.2, -0.15) is 5.26 Å². The molecule has 0 N–H and O–H groups in total. The number of fused-ring (bicyclic) bond motifs is 10. The lowest BCUT2D eigenvalue weighted by Gasteiger charge is -2.18. The van der Waals surface area contributed by atoms with E-state index >= 15 is 0 Å². The zero-order valence-corrected chi connectivity index (χ0v) is 25.4. The van der Waals surface area contributed by atoms with Gasteiger partial charge < -0.3 is 13.6 Å². The number of aromatic nitrogens is 2. The van der Waals surface area contributed by atoms with Crippen molar-refractivity contribution in [2.75, 3.05) is 0 Å². The van der Waals surface area contributed by atoms with Gasteiger partial charge in [-0.05, 0) is 73.0 Å². The van der Waals surface area contributed by atoms with Crippen molar-refractivity contribution in [2.24, 2.45) is 0 Å². The van der Waals surface area contributed by atoms with Gasteiger partial charge in [0.1, 0.15) is 5.58 Å². The fourth-order valence-corrected chi connectivity index (χ4v) is 7.85. The Morgan fingerprint density at radius 2 is 1.43 bits per heavy atom. The van der Waals surface area contributed by atoms with Gasteiger partial charge in [-0.25, -0.2) is 0 Å². The van der Waals surface area contributed by atoms with E-state index < -0.39 is 0 Å². The summed E-state index contributed by atoms with van der Waals surface area (Å²) in [7, 11) is 0. The zero-order valence-electron chi connectivity index (χ0n) is 25.4. The SMILES string of the molecule is N#Cc1cccc(-n2c3c(c4ccccc42)C=CCC3)c1-c1ccc2c(c1)c1ccc3c4ccccc4oc3c1n2-c1ccccc1. The van der Waals surface area contributed by atoms with Gasteiger partial charge in [0.2, 0.25) is 0 Å². The molecule has 1 aliphatic carbocycles. The average molecular weight is 602 g/mol. The van der Waals surface area contributed by atoms with Crippen molar-refractivity contribution >= 4 is 60.7 Å². The zero-order chi connectivity index (χ0) is 31.1. The van der Waals surface area contributed by atoms with E-state index in [1.807, 2.05) is 30.3 Å². The molecule has 9 aromatic rings. The summed E-state index contributed by atoms with van der Waals surface area (Å²) in [6, 6.07) is 47.0. The van der Waals surface area contributed by atoms with E-state index in [2.05, 4.69) is 124 Å². The Balaban J connectivity index is 1.30.